The Morgan fingerprint density at radius 1 is 1.04 bits per heavy atom. The lowest BCUT2D eigenvalue weighted by molar-refractivity contribution is 0.0711. The molecule has 1 heterocycles. The van der Waals surface area contributed by atoms with Crippen LogP contribution in [-0.2, 0) is 6.54 Å². The smallest absolute Gasteiger partial charge is 0.284 e. The molecule has 2 aromatic carbocycles. The van der Waals surface area contributed by atoms with Crippen LogP contribution in [0.2, 0.25) is 0 Å². The van der Waals surface area contributed by atoms with E-state index in [1.165, 1.54) is 11.3 Å². The van der Waals surface area contributed by atoms with Gasteiger partial charge in [0.25, 0.3) is 11.8 Å². The Kier molecular flexibility index (Phi) is 4.45. The van der Waals surface area contributed by atoms with E-state index >= 15 is 0 Å². The first-order chi connectivity index (χ1) is 11.6. The van der Waals surface area contributed by atoms with E-state index in [2.05, 4.69) is 5.32 Å². The van der Waals surface area contributed by atoms with Gasteiger partial charge in [-0.05, 0) is 35.7 Å². The Morgan fingerprint density at radius 2 is 1.83 bits per heavy atom. The summed E-state index contributed by atoms with van der Waals surface area (Å²) in [5, 5.41) is 21.9. The van der Waals surface area contributed by atoms with E-state index in [4.69, 9.17) is 5.21 Å². The standard InChI is InChI=1S/C17H14N2O4S/c20-13-4-2-1-3-11(13)9-18-16(21)10-5-6-14-12(7-10)8-15(24-14)17(22)19-23/h1-8,20,23H,9H2,(H,18,21)(H,19,22). The van der Waals surface area contributed by atoms with Crippen LogP contribution in [0.3, 0.4) is 0 Å². The second-order valence-electron chi connectivity index (χ2n) is 5.12. The van der Waals surface area contributed by atoms with Crippen molar-refractivity contribution >= 4 is 33.2 Å². The van der Waals surface area contributed by atoms with Crippen molar-refractivity contribution in [2.24, 2.45) is 0 Å². The minimum atomic E-state index is -0.582. The minimum Gasteiger partial charge on any atom is -0.508 e. The fraction of sp³-hybridized carbons (Fsp3) is 0.0588. The van der Waals surface area contributed by atoms with Gasteiger partial charge in [0, 0.05) is 22.4 Å². The topological polar surface area (TPSA) is 98.7 Å². The minimum absolute atomic E-state index is 0.130. The summed E-state index contributed by atoms with van der Waals surface area (Å²) in [7, 11) is 0. The molecule has 0 radical (unpaired) electrons. The number of hydrogen-bond acceptors (Lipinski definition) is 5. The predicted molar refractivity (Wildman–Crippen MR) is 90.4 cm³/mol. The van der Waals surface area contributed by atoms with Crippen molar-refractivity contribution in [1.82, 2.24) is 10.8 Å². The Hall–Kier alpha value is -2.90. The Bertz CT molecular complexity index is 920. The van der Waals surface area contributed by atoms with Gasteiger partial charge in [-0.25, -0.2) is 5.48 Å². The van der Waals surface area contributed by atoms with Crippen LogP contribution in [0.5, 0.6) is 5.75 Å². The highest BCUT2D eigenvalue weighted by Crippen LogP contribution is 2.26. The Labute approximate surface area is 141 Å². The fourth-order valence-corrected chi connectivity index (χ4v) is 3.22. The van der Waals surface area contributed by atoms with Gasteiger partial charge in [0.1, 0.15) is 5.75 Å². The molecule has 4 N–H and O–H groups in total. The van der Waals surface area contributed by atoms with Gasteiger partial charge in [0.05, 0.1) is 4.88 Å². The SMILES string of the molecule is O=C(NCc1ccccc1O)c1ccc2sc(C(=O)NO)cc2c1. The summed E-state index contributed by atoms with van der Waals surface area (Å²) in [5.41, 5.74) is 2.67. The van der Waals surface area contributed by atoms with Gasteiger partial charge in [0.15, 0.2) is 0 Å². The number of phenolic OH excluding ortho intramolecular Hbond substituents is 1. The summed E-state index contributed by atoms with van der Waals surface area (Å²) >= 11 is 1.23. The van der Waals surface area contributed by atoms with Crippen molar-refractivity contribution in [2.45, 2.75) is 6.54 Å². The first kappa shape index (κ1) is 16.0. The molecule has 1 aromatic heterocycles. The third-order valence-corrected chi connectivity index (χ3v) is 4.65. The normalized spacial score (nSPS) is 10.5. The summed E-state index contributed by atoms with van der Waals surface area (Å²) in [6.07, 6.45) is 0. The van der Waals surface area contributed by atoms with Crippen molar-refractivity contribution in [1.29, 1.82) is 0 Å². The molecule has 0 aliphatic rings. The molecular weight excluding hydrogens is 328 g/mol. The van der Waals surface area contributed by atoms with E-state index in [1.807, 2.05) is 0 Å². The molecule has 122 valence electrons. The predicted octanol–water partition coefficient (Wildman–Crippen LogP) is 2.66. The van der Waals surface area contributed by atoms with Crippen LogP contribution in [0.4, 0.5) is 0 Å². The number of carbonyl (C=O) groups excluding carboxylic acids is 2. The van der Waals surface area contributed by atoms with Crippen LogP contribution in [-0.4, -0.2) is 22.1 Å². The number of hydroxylamine groups is 1. The van der Waals surface area contributed by atoms with Crippen LogP contribution in [0.1, 0.15) is 25.6 Å². The second kappa shape index (κ2) is 6.69. The number of nitrogens with one attached hydrogen (secondary N) is 2. The van der Waals surface area contributed by atoms with Gasteiger partial charge >= 0.3 is 0 Å². The highest BCUT2D eigenvalue weighted by Gasteiger charge is 2.12. The van der Waals surface area contributed by atoms with E-state index in [-0.39, 0.29) is 18.2 Å². The average molecular weight is 342 g/mol. The molecule has 0 unspecified atom stereocenters. The number of carbonyl (C=O) groups is 2. The largest absolute Gasteiger partial charge is 0.508 e. The molecule has 3 aromatic rings. The van der Waals surface area contributed by atoms with Crippen molar-refractivity contribution in [3.63, 3.8) is 0 Å². The summed E-state index contributed by atoms with van der Waals surface area (Å²) in [6, 6.07) is 13.5. The molecule has 7 heteroatoms. The van der Waals surface area contributed by atoms with Gasteiger partial charge in [-0.15, -0.1) is 11.3 Å². The lowest BCUT2D eigenvalue weighted by Gasteiger charge is -2.07. The number of hydrogen-bond donors (Lipinski definition) is 4. The summed E-state index contributed by atoms with van der Waals surface area (Å²) < 4.78 is 0.839. The number of benzene rings is 2. The molecule has 0 fully saturated rings. The van der Waals surface area contributed by atoms with Crippen molar-refractivity contribution in [2.75, 3.05) is 0 Å². The number of phenols is 1. The lowest BCUT2D eigenvalue weighted by Crippen LogP contribution is -2.22. The van der Waals surface area contributed by atoms with E-state index in [1.54, 1.807) is 54.0 Å². The second-order valence-corrected chi connectivity index (χ2v) is 6.20. The first-order valence-electron chi connectivity index (χ1n) is 7.11. The fourth-order valence-electron chi connectivity index (χ4n) is 2.29. The van der Waals surface area contributed by atoms with E-state index in [0.29, 0.717) is 16.0 Å². The number of rotatable bonds is 4. The summed E-state index contributed by atoms with van der Waals surface area (Å²) in [6.45, 7) is 0.214. The van der Waals surface area contributed by atoms with Gasteiger partial charge in [0.2, 0.25) is 0 Å². The number of thiophene rings is 1. The van der Waals surface area contributed by atoms with Crippen molar-refractivity contribution in [3.05, 3.63) is 64.5 Å². The van der Waals surface area contributed by atoms with Crippen molar-refractivity contribution in [3.8, 4) is 5.75 Å². The maximum Gasteiger partial charge on any atom is 0.284 e. The maximum atomic E-state index is 12.3. The van der Waals surface area contributed by atoms with Crippen LogP contribution >= 0.6 is 11.3 Å². The molecule has 24 heavy (non-hydrogen) atoms. The molecular formula is C17H14N2O4S. The maximum absolute atomic E-state index is 12.3. The van der Waals surface area contributed by atoms with E-state index < -0.39 is 5.91 Å². The number of amides is 2. The van der Waals surface area contributed by atoms with Crippen LogP contribution < -0.4 is 10.8 Å². The lowest BCUT2D eigenvalue weighted by atomic mass is 10.1. The average Bonchev–Trinajstić information content (AvgIpc) is 3.03. The summed E-state index contributed by atoms with van der Waals surface area (Å²) in [5.74, 6) is -0.730. The summed E-state index contributed by atoms with van der Waals surface area (Å²) in [4.78, 5) is 24.1. The third kappa shape index (κ3) is 3.22. The molecule has 0 spiro atoms. The number of para-hydroxylation sites is 1. The Morgan fingerprint density at radius 3 is 2.58 bits per heavy atom. The highest BCUT2D eigenvalue weighted by atomic mass is 32.1. The van der Waals surface area contributed by atoms with Crippen molar-refractivity contribution < 1.29 is 19.9 Å². The Balaban J connectivity index is 1.77. The molecule has 0 atom stereocenters. The van der Waals surface area contributed by atoms with E-state index in [0.717, 1.165) is 10.1 Å². The quantitative estimate of drug-likeness (QED) is 0.433. The molecule has 2 amide bonds. The molecule has 0 saturated heterocycles. The van der Waals surface area contributed by atoms with Crippen LogP contribution in [0.15, 0.2) is 48.5 Å². The van der Waals surface area contributed by atoms with Gasteiger partial charge in [-0.3, -0.25) is 14.8 Å². The molecule has 6 nitrogen and oxygen atoms in total. The molecule has 3 rings (SSSR count). The molecule has 0 aliphatic heterocycles. The third-order valence-electron chi connectivity index (χ3n) is 3.53. The number of fused-ring (bicyclic) bond motifs is 1. The van der Waals surface area contributed by atoms with Gasteiger partial charge in [-0.1, -0.05) is 18.2 Å². The monoisotopic (exact) mass is 342 g/mol. The molecule has 0 aliphatic carbocycles. The highest BCUT2D eigenvalue weighted by molar-refractivity contribution is 7.20. The van der Waals surface area contributed by atoms with Crippen LogP contribution in [0.25, 0.3) is 10.1 Å². The zero-order valence-corrected chi connectivity index (χ0v) is 13.3. The van der Waals surface area contributed by atoms with Gasteiger partial charge < -0.3 is 10.4 Å². The van der Waals surface area contributed by atoms with Gasteiger partial charge in [-0.2, -0.15) is 0 Å². The first-order valence-corrected chi connectivity index (χ1v) is 7.93. The number of aromatic hydroxyl groups is 1. The zero-order valence-electron chi connectivity index (χ0n) is 12.4. The molecule has 0 saturated carbocycles. The van der Waals surface area contributed by atoms with E-state index in [9.17, 15) is 14.7 Å². The zero-order chi connectivity index (χ0) is 17.1. The molecule has 0 bridgehead atoms. The van der Waals surface area contributed by atoms with Crippen LogP contribution in [0, 0.1) is 0 Å².